The molecule has 0 aliphatic carbocycles. The highest BCUT2D eigenvalue weighted by atomic mass is 15.3. The first-order valence-electron chi connectivity index (χ1n) is 7.58. The van der Waals surface area contributed by atoms with Gasteiger partial charge in [-0.05, 0) is 43.5 Å². The molecule has 0 fully saturated rings. The Labute approximate surface area is 127 Å². The zero-order valence-electron chi connectivity index (χ0n) is 13.5. The molecular formula is C17H26N4. The van der Waals surface area contributed by atoms with Crippen LogP contribution in [0.4, 0.5) is 5.69 Å². The zero-order valence-corrected chi connectivity index (χ0v) is 13.5. The Balaban J connectivity index is 2.26. The summed E-state index contributed by atoms with van der Waals surface area (Å²) in [6, 6.07) is 6.74. The fourth-order valence-electron chi connectivity index (χ4n) is 2.76. The van der Waals surface area contributed by atoms with E-state index >= 15 is 0 Å². The van der Waals surface area contributed by atoms with Gasteiger partial charge in [-0.15, -0.1) is 0 Å². The number of hydrogen-bond donors (Lipinski definition) is 1. The highest BCUT2D eigenvalue weighted by molar-refractivity contribution is 5.52. The van der Waals surface area contributed by atoms with Crippen molar-refractivity contribution in [2.24, 2.45) is 5.73 Å². The number of hydrogen-bond acceptors (Lipinski definition) is 3. The lowest BCUT2D eigenvalue weighted by molar-refractivity contribution is 0.600. The third-order valence-corrected chi connectivity index (χ3v) is 3.80. The van der Waals surface area contributed by atoms with Crippen molar-refractivity contribution in [2.75, 3.05) is 18.5 Å². The summed E-state index contributed by atoms with van der Waals surface area (Å²) < 4.78 is 1.99. The molecule has 0 aliphatic heterocycles. The van der Waals surface area contributed by atoms with Crippen LogP contribution in [0, 0.1) is 13.8 Å². The van der Waals surface area contributed by atoms with E-state index in [0.29, 0.717) is 6.54 Å². The number of nitrogens with two attached hydrogens (primary N) is 1. The molecule has 1 aromatic heterocycles. The van der Waals surface area contributed by atoms with Crippen molar-refractivity contribution in [1.29, 1.82) is 0 Å². The standard InChI is InChI=1S/C17H26N4/c1-5-6-21-12-15(11-19-21)17(10-18)20(4)16-8-13(2)7-14(3)9-16/h7-9,11-12,17H,5-6,10,18H2,1-4H3. The van der Waals surface area contributed by atoms with Gasteiger partial charge in [0.1, 0.15) is 0 Å². The Morgan fingerprint density at radius 3 is 2.48 bits per heavy atom. The number of benzene rings is 1. The van der Waals surface area contributed by atoms with E-state index in [1.807, 2.05) is 10.9 Å². The number of aryl methyl sites for hydroxylation is 3. The second kappa shape index (κ2) is 6.76. The summed E-state index contributed by atoms with van der Waals surface area (Å²) in [6.45, 7) is 7.93. The Hall–Kier alpha value is -1.81. The predicted molar refractivity (Wildman–Crippen MR) is 88.6 cm³/mol. The average molecular weight is 286 g/mol. The SMILES string of the molecule is CCCn1cc(C(CN)N(C)c2cc(C)cc(C)c2)cn1. The molecule has 1 atom stereocenters. The summed E-state index contributed by atoms with van der Waals surface area (Å²) in [4.78, 5) is 2.24. The Bertz CT molecular complexity index is 568. The monoisotopic (exact) mass is 286 g/mol. The van der Waals surface area contributed by atoms with Gasteiger partial charge >= 0.3 is 0 Å². The third-order valence-electron chi connectivity index (χ3n) is 3.80. The van der Waals surface area contributed by atoms with E-state index in [1.165, 1.54) is 22.4 Å². The molecule has 4 nitrogen and oxygen atoms in total. The van der Waals surface area contributed by atoms with Crippen molar-refractivity contribution < 1.29 is 0 Å². The second-order valence-corrected chi connectivity index (χ2v) is 5.75. The molecule has 1 unspecified atom stereocenters. The Morgan fingerprint density at radius 1 is 1.24 bits per heavy atom. The molecule has 0 amide bonds. The Morgan fingerprint density at radius 2 is 1.90 bits per heavy atom. The minimum atomic E-state index is 0.150. The summed E-state index contributed by atoms with van der Waals surface area (Å²) in [6.07, 6.45) is 5.13. The lowest BCUT2D eigenvalue weighted by Gasteiger charge is -2.29. The second-order valence-electron chi connectivity index (χ2n) is 5.75. The van der Waals surface area contributed by atoms with Crippen LogP contribution in [0.2, 0.25) is 0 Å². The van der Waals surface area contributed by atoms with Crippen molar-refractivity contribution in [3.8, 4) is 0 Å². The van der Waals surface area contributed by atoms with Gasteiger partial charge in [-0.25, -0.2) is 0 Å². The van der Waals surface area contributed by atoms with E-state index in [2.05, 4.69) is 62.2 Å². The maximum absolute atomic E-state index is 6.02. The summed E-state index contributed by atoms with van der Waals surface area (Å²) in [7, 11) is 2.10. The molecule has 0 aliphatic rings. The summed E-state index contributed by atoms with van der Waals surface area (Å²) >= 11 is 0. The maximum Gasteiger partial charge on any atom is 0.0692 e. The first-order valence-corrected chi connectivity index (χ1v) is 7.58. The minimum Gasteiger partial charge on any atom is -0.366 e. The third kappa shape index (κ3) is 3.64. The minimum absolute atomic E-state index is 0.150. The molecule has 2 rings (SSSR count). The lowest BCUT2D eigenvalue weighted by atomic mass is 10.1. The topological polar surface area (TPSA) is 47.1 Å². The number of likely N-dealkylation sites (N-methyl/N-ethyl adjacent to an activating group) is 1. The fourth-order valence-corrected chi connectivity index (χ4v) is 2.76. The number of anilines is 1. The van der Waals surface area contributed by atoms with Gasteiger partial charge in [0.2, 0.25) is 0 Å². The quantitative estimate of drug-likeness (QED) is 0.888. The largest absolute Gasteiger partial charge is 0.366 e. The molecular weight excluding hydrogens is 260 g/mol. The van der Waals surface area contributed by atoms with Crippen LogP contribution < -0.4 is 10.6 Å². The number of aromatic nitrogens is 2. The van der Waals surface area contributed by atoms with Gasteiger partial charge in [-0.1, -0.05) is 13.0 Å². The van der Waals surface area contributed by atoms with Crippen molar-refractivity contribution in [3.63, 3.8) is 0 Å². The van der Waals surface area contributed by atoms with Crippen LogP contribution in [-0.2, 0) is 6.54 Å². The van der Waals surface area contributed by atoms with E-state index in [-0.39, 0.29) is 6.04 Å². The summed E-state index contributed by atoms with van der Waals surface area (Å²) in [5, 5.41) is 4.42. The fraction of sp³-hybridized carbons (Fsp3) is 0.471. The van der Waals surface area contributed by atoms with Gasteiger partial charge in [-0.2, -0.15) is 5.10 Å². The van der Waals surface area contributed by atoms with Crippen LogP contribution in [0.1, 0.15) is 36.1 Å². The van der Waals surface area contributed by atoms with Gasteiger partial charge < -0.3 is 10.6 Å². The molecule has 114 valence electrons. The maximum atomic E-state index is 6.02. The van der Waals surface area contributed by atoms with Crippen molar-refractivity contribution >= 4 is 5.69 Å². The van der Waals surface area contributed by atoms with E-state index in [4.69, 9.17) is 5.73 Å². The smallest absolute Gasteiger partial charge is 0.0692 e. The Kier molecular flexibility index (Phi) is 5.02. The van der Waals surface area contributed by atoms with E-state index < -0.39 is 0 Å². The van der Waals surface area contributed by atoms with Gasteiger partial charge in [0.25, 0.3) is 0 Å². The predicted octanol–water partition coefficient (Wildman–Crippen LogP) is 3.05. The molecule has 2 N–H and O–H groups in total. The number of nitrogens with zero attached hydrogens (tertiary/aromatic N) is 3. The summed E-state index contributed by atoms with van der Waals surface area (Å²) in [5.41, 5.74) is 10.9. The van der Waals surface area contributed by atoms with Crippen LogP contribution in [-0.4, -0.2) is 23.4 Å². The van der Waals surface area contributed by atoms with Crippen LogP contribution in [0.15, 0.2) is 30.6 Å². The molecule has 0 spiro atoms. The highest BCUT2D eigenvalue weighted by Gasteiger charge is 2.18. The molecule has 2 aromatic rings. The van der Waals surface area contributed by atoms with Crippen molar-refractivity contribution in [2.45, 2.75) is 39.8 Å². The first-order chi connectivity index (χ1) is 10.0. The van der Waals surface area contributed by atoms with E-state index in [9.17, 15) is 0 Å². The normalized spacial score (nSPS) is 12.4. The van der Waals surface area contributed by atoms with Crippen molar-refractivity contribution in [3.05, 3.63) is 47.3 Å². The van der Waals surface area contributed by atoms with Crippen LogP contribution >= 0.6 is 0 Å². The molecule has 0 saturated carbocycles. The molecule has 4 heteroatoms. The lowest BCUT2D eigenvalue weighted by Crippen LogP contribution is -2.30. The van der Waals surface area contributed by atoms with Crippen LogP contribution in [0.3, 0.4) is 0 Å². The average Bonchev–Trinajstić information content (AvgIpc) is 2.87. The van der Waals surface area contributed by atoms with Crippen LogP contribution in [0.25, 0.3) is 0 Å². The highest BCUT2D eigenvalue weighted by Crippen LogP contribution is 2.26. The molecule has 0 radical (unpaired) electrons. The molecule has 0 bridgehead atoms. The first kappa shape index (κ1) is 15.6. The summed E-state index contributed by atoms with van der Waals surface area (Å²) in [5.74, 6) is 0. The molecule has 1 heterocycles. The van der Waals surface area contributed by atoms with Gasteiger partial charge in [0.15, 0.2) is 0 Å². The molecule has 0 saturated heterocycles. The zero-order chi connectivity index (χ0) is 15.4. The number of rotatable bonds is 6. The van der Waals surface area contributed by atoms with Gasteiger partial charge in [0, 0.05) is 37.6 Å². The van der Waals surface area contributed by atoms with Gasteiger partial charge in [0.05, 0.1) is 12.2 Å². The van der Waals surface area contributed by atoms with Gasteiger partial charge in [-0.3, -0.25) is 4.68 Å². The molecule has 21 heavy (non-hydrogen) atoms. The van der Waals surface area contributed by atoms with E-state index in [1.54, 1.807) is 0 Å². The van der Waals surface area contributed by atoms with Crippen LogP contribution in [0.5, 0.6) is 0 Å². The van der Waals surface area contributed by atoms with E-state index in [0.717, 1.165) is 13.0 Å². The molecule has 1 aromatic carbocycles. The van der Waals surface area contributed by atoms with Crippen molar-refractivity contribution in [1.82, 2.24) is 9.78 Å².